The van der Waals surface area contributed by atoms with Gasteiger partial charge in [0.15, 0.2) is 6.23 Å². The Hall–Kier alpha value is -2.30. The average molecular weight is 316 g/mol. The van der Waals surface area contributed by atoms with Crippen LogP contribution >= 0.6 is 0 Å². The number of H-pyrrole nitrogens is 1. The molecule has 2 rings (SSSR count). The molecule has 0 saturated carbocycles. The van der Waals surface area contributed by atoms with Gasteiger partial charge in [0.05, 0.1) is 6.20 Å². The molecule has 1 aliphatic heterocycles. The molecule has 0 aliphatic carbocycles. The lowest BCUT2D eigenvalue weighted by Crippen LogP contribution is -2.38. The van der Waals surface area contributed by atoms with Gasteiger partial charge < -0.3 is 19.7 Å². The average Bonchev–Trinajstić information content (AvgIpc) is 2.76. The quantitative estimate of drug-likeness (QED) is 0.433. The first-order valence-electron chi connectivity index (χ1n) is 6.17. The van der Waals surface area contributed by atoms with Crippen molar-refractivity contribution in [2.75, 3.05) is 6.61 Å². The first-order chi connectivity index (χ1) is 10.3. The molecule has 1 aromatic rings. The van der Waals surface area contributed by atoms with Crippen LogP contribution in [0, 0.1) is 5.82 Å². The number of aromatic nitrogens is 2. The first kappa shape index (κ1) is 16.1. The number of rotatable bonds is 4. The standard InChI is InChI=1S/C12H13FN2O7/c1-2-7(16)21-4-6-8(17)9(18)11(22-6)15-3-5(13)10(19)14-12(15)20/h2-3,6,8-9,11,17-18H,1,4H2,(H,14,19,20)/t6-,8-,9-,11-/m1/s1. The Bertz CT molecular complexity index is 697. The second kappa shape index (κ2) is 6.22. The van der Waals surface area contributed by atoms with Crippen molar-refractivity contribution in [3.63, 3.8) is 0 Å². The summed E-state index contributed by atoms with van der Waals surface area (Å²) >= 11 is 0. The highest BCUT2D eigenvalue weighted by atomic mass is 19.1. The minimum atomic E-state index is -1.59. The zero-order chi connectivity index (χ0) is 16.4. The second-order valence-electron chi connectivity index (χ2n) is 4.52. The molecule has 4 atom stereocenters. The SMILES string of the molecule is C=CC(=O)OC[C@H]1O[C@@H](n2cc(F)c(=O)[nH]c2=O)[C@H](O)[C@@H]1O. The van der Waals surface area contributed by atoms with E-state index in [9.17, 15) is 29.0 Å². The van der Waals surface area contributed by atoms with Gasteiger partial charge in [0, 0.05) is 6.08 Å². The Morgan fingerprint density at radius 3 is 2.82 bits per heavy atom. The van der Waals surface area contributed by atoms with Crippen LogP contribution in [0.25, 0.3) is 0 Å². The molecule has 1 saturated heterocycles. The van der Waals surface area contributed by atoms with E-state index in [1.165, 1.54) is 0 Å². The number of aromatic amines is 1. The normalized spacial score (nSPS) is 27.6. The molecule has 1 aromatic heterocycles. The summed E-state index contributed by atoms with van der Waals surface area (Å²) in [4.78, 5) is 35.2. The van der Waals surface area contributed by atoms with Crippen LogP contribution in [0.15, 0.2) is 28.4 Å². The van der Waals surface area contributed by atoms with Crippen LogP contribution in [0.3, 0.4) is 0 Å². The third kappa shape index (κ3) is 2.98. The molecule has 3 N–H and O–H groups in total. The number of esters is 1. The van der Waals surface area contributed by atoms with Crippen molar-refractivity contribution in [1.82, 2.24) is 9.55 Å². The van der Waals surface area contributed by atoms with Gasteiger partial charge >= 0.3 is 11.7 Å². The van der Waals surface area contributed by atoms with Gasteiger partial charge in [-0.15, -0.1) is 0 Å². The van der Waals surface area contributed by atoms with Crippen LogP contribution in [-0.2, 0) is 14.3 Å². The summed E-state index contributed by atoms with van der Waals surface area (Å²) in [7, 11) is 0. The lowest BCUT2D eigenvalue weighted by Gasteiger charge is -2.16. The van der Waals surface area contributed by atoms with Gasteiger partial charge in [-0.1, -0.05) is 6.58 Å². The number of nitrogens with one attached hydrogen (secondary N) is 1. The fraction of sp³-hybridized carbons (Fsp3) is 0.417. The maximum atomic E-state index is 13.3. The van der Waals surface area contributed by atoms with E-state index in [4.69, 9.17) is 4.74 Å². The summed E-state index contributed by atoms with van der Waals surface area (Å²) in [5.41, 5.74) is -2.24. The molecule has 10 heteroatoms. The highest BCUT2D eigenvalue weighted by Crippen LogP contribution is 2.28. The van der Waals surface area contributed by atoms with E-state index in [0.717, 1.165) is 6.08 Å². The number of ether oxygens (including phenoxy) is 2. The van der Waals surface area contributed by atoms with E-state index < -0.39 is 54.2 Å². The van der Waals surface area contributed by atoms with E-state index in [-0.39, 0.29) is 0 Å². The summed E-state index contributed by atoms with van der Waals surface area (Å²) < 4.78 is 23.7. The predicted molar refractivity (Wildman–Crippen MR) is 68.4 cm³/mol. The summed E-state index contributed by atoms with van der Waals surface area (Å²) in [5.74, 6) is -2.02. The van der Waals surface area contributed by atoms with Crippen molar-refractivity contribution in [3.05, 3.63) is 45.5 Å². The number of aliphatic hydroxyl groups excluding tert-OH is 2. The van der Waals surface area contributed by atoms with Gasteiger partial charge in [-0.25, -0.2) is 9.59 Å². The Labute approximate surface area is 122 Å². The monoisotopic (exact) mass is 316 g/mol. The molecule has 0 aromatic carbocycles. The van der Waals surface area contributed by atoms with Crippen molar-refractivity contribution in [2.24, 2.45) is 0 Å². The highest BCUT2D eigenvalue weighted by Gasteiger charge is 2.44. The summed E-state index contributed by atoms with van der Waals surface area (Å²) in [6.07, 6.45) is -4.19. The maximum absolute atomic E-state index is 13.3. The van der Waals surface area contributed by atoms with Crippen molar-refractivity contribution in [2.45, 2.75) is 24.5 Å². The summed E-state index contributed by atoms with van der Waals surface area (Å²) in [6, 6.07) is 0. The molecule has 0 amide bonds. The number of carbonyl (C=O) groups excluding carboxylic acids is 1. The smallest absolute Gasteiger partial charge is 0.330 e. The van der Waals surface area contributed by atoms with Gasteiger partial charge in [0.1, 0.15) is 24.9 Å². The maximum Gasteiger partial charge on any atom is 0.330 e. The predicted octanol–water partition coefficient (Wildman–Crippen LogP) is -1.98. The molecule has 2 heterocycles. The lowest BCUT2D eigenvalue weighted by molar-refractivity contribution is -0.144. The summed E-state index contributed by atoms with van der Waals surface area (Å²) in [5, 5.41) is 19.7. The van der Waals surface area contributed by atoms with E-state index in [0.29, 0.717) is 10.8 Å². The van der Waals surface area contributed by atoms with Crippen LogP contribution in [0.4, 0.5) is 4.39 Å². The number of carbonyl (C=O) groups is 1. The zero-order valence-corrected chi connectivity index (χ0v) is 11.1. The number of hydrogen-bond donors (Lipinski definition) is 3. The Morgan fingerprint density at radius 2 is 2.18 bits per heavy atom. The van der Waals surface area contributed by atoms with E-state index in [2.05, 4.69) is 11.3 Å². The molecule has 22 heavy (non-hydrogen) atoms. The van der Waals surface area contributed by atoms with Gasteiger partial charge in [0.25, 0.3) is 5.56 Å². The molecule has 0 bridgehead atoms. The van der Waals surface area contributed by atoms with Crippen molar-refractivity contribution >= 4 is 5.97 Å². The van der Waals surface area contributed by atoms with Crippen molar-refractivity contribution < 1.29 is 28.9 Å². The van der Waals surface area contributed by atoms with Crippen molar-refractivity contribution in [3.8, 4) is 0 Å². The van der Waals surface area contributed by atoms with E-state index in [1.807, 2.05) is 0 Å². The van der Waals surface area contributed by atoms with Gasteiger partial charge in [-0.2, -0.15) is 4.39 Å². The first-order valence-corrected chi connectivity index (χ1v) is 6.17. The topological polar surface area (TPSA) is 131 Å². The van der Waals surface area contributed by atoms with Crippen molar-refractivity contribution in [1.29, 1.82) is 0 Å². The minimum Gasteiger partial charge on any atom is -0.460 e. The number of aliphatic hydroxyl groups is 2. The second-order valence-corrected chi connectivity index (χ2v) is 4.52. The lowest BCUT2D eigenvalue weighted by atomic mass is 10.1. The third-order valence-corrected chi connectivity index (χ3v) is 3.09. The van der Waals surface area contributed by atoms with Gasteiger partial charge in [-0.05, 0) is 0 Å². The Morgan fingerprint density at radius 1 is 1.50 bits per heavy atom. The van der Waals surface area contributed by atoms with Crippen LogP contribution in [0.5, 0.6) is 0 Å². The largest absolute Gasteiger partial charge is 0.460 e. The molecule has 0 unspecified atom stereocenters. The molecule has 0 spiro atoms. The molecular weight excluding hydrogens is 303 g/mol. The third-order valence-electron chi connectivity index (χ3n) is 3.09. The van der Waals surface area contributed by atoms with Gasteiger partial charge in [0.2, 0.25) is 5.82 Å². The molecule has 0 radical (unpaired) electrons. The highest BCUT2D eigenvalue weighted by molar-refractivity contribution is 5.81. The minimum absolute atomic E-state index is 0.403. The number of halogens is 1. The number of hydrogen-bond acceptors (Lipinski definition) is 7. The fourth-order valence-electron chi connectivity index (χ4n) is 1.97. The fourth-order valence-corrected chi connectivity index (χ4v) is 1.97. The van der Waals surface area contributed by atoms with Crippen LogP contribution in [0.2, 0.25) is 0 Å². The molecular formula is C12H13FN2O7. The number of nitrogens with zero attached hydrogens (tertiary/aromatic N) is 1. The Balaban J connectivity index is 2.21. The van der Waals surface area contributed by atoms with Crippen LogP contribution in [-0.4, -0.2) is 50.7 Å². The van der Waals surface area contributed by atoms with E-state index >= 15 is 0 Å². The molecule has 1 fully saturated rings. The molecule has 120 valence electrons. The van der Waals surface area contributed by atoms with E-state index in [1.54, 1.807) is 4.98 Å². The van der Waals surface area contributed by atoms with Gasteiger partial charge in [-0.3, -0.25) is 14.3 Å². The summed E-state index contributed by atoms with van der Waals surface area (Å²) in [6.45, 7) is 2.78. The van der Waals surface area contributed by atoms with Crippen LogP contribution < -0.4 is 11.2 Å². The molecule has 9 nitrogen and oxygen atoms in total. The van der Waals surface area contributed by atoms with Crippen LogP contribution in [0.1, 0.15) is 6.23 Å². The molecule has 1 aliphatic rings. The zero-order valence-electron chi connectivity index (χ0n) is 11.1. The Kier molecular flexibility index (Phi) is 4.54.